The number of hydrogen-bond donors (Lipinski definition) is 1. The van der Waals surface area contributed by atoms with Crippen molar-refractivity contribution in [3.8, 4) is 0 Å². The third-order valence-corrected chi connectivity index (χ3v) is 5.66. The predicted octanol–water partition coefficient (Wildman–Crippen LogP) is 1.47. The van der Waals surface area contributed by atoms with Crippen LogP contribution in [0.25, 0.3) is 0 Å². The van der Waals surface area contributed by atoms with Crippen LogP contribution in [0.4, 0.5) is 5.95 Å². The molecule has 1 aromatic rings. The van der Waals surface area contributed by atoms with Crippen LogP contribution in [0.3, 0.4) is 0 Å². The van der Waals surface area contributed by atoms with Crippen molar-refractivity contribution in [1.29, 1.82) is 0 Å². The highest BCUT2D eigenvalue weighted by molar-refractivity contribution is 5.79. The lowest BCUT2D eigenvalue weighted by molar-refractivity contribution is -0.147. The first kappa shape index (κ1) is 16.7. The SMILES string of the molecule is O=C([C@@H]1CCOC1)N1CCC2(CC1)C[C@H](Nc1ncccn1)CCO2. The van der Waals surface area contributed by atoms with E-state index in [0.29, 0.717) is 25.2 Å². The summed E-state index contributed by atoms with van der Waals surface area (Å²) < 4.78 is 11.5. The molecule has 0 unspecified atom stereocenters. The van der Waals surface area contributed by atoms with Gasteiger partial charge in [-0.15, -0.1) is 0 Å². The second-order valence-corrected chi connectivity index (χ2v) is 7.32. The van der Waals surface area contributed by atoms with Gasteiger partial charge in [-0.3, -0.25) is 4.79 Å². The first-order valence-corrected chi connectivity index (χ1v) is 9.28. The Morgan fingerprint density at radius 2 is 2.00 bits per heavy atom. The van der Waals surface area contributed by atoms with E-state index in [0.717, 1.165) is 51.8 Å². The van der Waals surface area contributed by atoms with Gasteiger partial charge >= 0.3 is 0 Å². The second-order valence-electron chi connectivity index (χ2n) is 7.32. The topological polar surface area (TPSA) is 76.6 Å². The molecule has 1 amide bonds. The molecule has 4 heterocycles. The van der Waals surface area contributed by atoms with E-state index in [1.165, 1.54) is 0 Å². The molecule has 3 aliphatic rings. The van der Waals surface area contributed by atoms with Gasteiger partial charge in [-0.05, 0) is 38.2 Å². The molecule has 1 spiro atoms. The predicted molar refractivity (Wildman–Crippen MR) is 92.1 cm³/mol. The van der Waals surface area contributed by atoms with Gasteiger partial charge in [-0.25, -0.2) is 9.97 Å². The normalized spacial score (nSPS) is 28.9. The van der Waals surface area contributed by atoms with Crippen LogP contribution in [-0.4, -0.2) is 65.3 Å². The molecule has 3 fully saturated rings. The number of nitrogens with zero attached hydrogens (tertiary/aromatic N) is 3. The minimum atomic E-state index is -0.117. The number of piperidine rings is 1. The van der Waals surface area contributed by atoms with Crippen molar-refractivity contribution in [2.45, 2.75) is 43.7 Å². The van der Waals surface area contributed by atoms with Gasteiger partial charge in [0.15, 0.2) is 0 Å². The minimum Gasteiger partial charge on any atom is -0.381 e. The fourth-order valence-electron chi connectivity index (χ4n) is 4.18. The number of anilines is 1. The zero-order valence-electron chi connectivity index (χ0n) is 14.5. The Kier molecular flexibility index (Phi) is 4.85. The van der Waals surface area contributed by atoms with Crippen molar-refractivity contribution >= 4 is 11.9 Å². The van der Waals surface area contributed by atoms with Crippen molar-refractivity contribution < 1.29 is 14.3 Å². The van der Waals surface area contributed by atoms with Crippen molar-refractivity contribution in [2.24, 2.45) is 5.92 Å². The summed E-state index contributed by atoms with van der Waals surface area (Å²) in [6, 6.07) is 2.14. The Bertz CT molecular complexity index is 583. The number of rotatable bonds is 3. The van der Waals surface area contributed by atoms with Crippen LogP contribution in [-0.2, 0) is 14.3 Å². The van der Waals surface area contributed by atoms with Crippen molar-refractivity contribution in [3.63, 3.8) is 0 Å². The molecule has 0 saturated carbocycles. The third-order valence-electron chi connectivity index (χ3n) is 5.66. The molecule has 7 heteroatoms. The van der Waals surface area contributed by atoms with E-state index >= 15 is 0 Å². The molecule has 7 nitrogen and oxygen atoms in total. The average Bonchev–Trinajstić information content (AvgIpc) is 3.18. The fraction of sp³-hybridized carbons (Fsp3) is 0.722. The summed E-state index contributed by atoms with van der Waals surface area (Å²) in [5.41, 5.74) is -0.117. The number of carbonyl (C=O) groups excluding carboxylic acids is 1. The van der Waals surface area contributed by atoms with Crippen LogP contribution in [0.2, 0.25) is 0 Å². The Morgan fingerprint density at radius 3 is 2.72 bits per heavy atom. The van der Waals surface area contributed by atoms with Crippen LogP contribution in [0.15, 0.2) is 18.5 Å². The summed E-state index contributed by atoms with van der Waals surface area (Å²) in [5, 5.41) is 3.43. The number of nitrogens with one attached hydrogen (secondary N) is 1. The molecule has 136 valence electrons. The summed E-state index contributed by atoms with van der Waals surface area (Å²) >= 11 is 0. The molecule has 1 aromatic heterocycles. The van der Waals surface area contributed by atoms with E-state index in [9.17, 15) is 4.79 Å². The van der Waals surface area contributed by atoms with E-state index in [2.05, 4.69) is 15.3 Å². The third kappa shape index (κ3) is 3.77. The van der Waals surface area contributed by atoms with E-state index in [-0.39, 0.29) is 17.4 Å². The van der Waals surface area contributed by atoms with E-state index in [1.807, 2.05) is 11.0 Å². The lowest BCUT2D eigenvalue weighted by atomic mass is 9.82. The zero-order valence-corrected chi connectivity index (χ0v) is 14.5. The first-order chi connectivity index (χ1) is 12.2. The number of likely N-dealkylation sites (tertiary alicyclic amines) is 1. The molecule has 2 atom stereocenters. The molecule has 0 bridgehead atoms. The highest BCUT2D eigenvalue weighted by Gasteiger charge is 2.42. The molecule has 4 rings (SSSR count). The highest BCUT2D eigenvalue weighted by Crippen LogP contribution is 2.36. The van der Waals surface area contributed by atoms with Gasteiger partial charge in [0.1, 0.15) is 0 Å². The summed E-state index contributed by atoms with van der Waals surface area (Å²) in [6.45, 7) is 3.61. The molecule has 0 radical (unpaired) electrons. The number of carbonyl (C=O) groups is 1. The van der Waals surface area contributed by atoms with Crippen LogP contribution in [0.5, 0.6) is 0 Å². The van der Waals surface area contributed by atoms with E-state index < -0.39 is 0 Å². The number of ether oxygens (including phenoxy) is 2. The van der Waals surface area contributed by atoms with Gasteiger partial charge in [0.25, 0.3) is 0 Å². The Labute approximate surface area is 148 Å². The van der Waals surface area contributed by atoms with E-state index in [4.69, 9.17) is 9.47 Å². The van der Waals surface area contributed by atoms with Crippen molar-refractivity contribution in [1.82, 2.24) is 14.9 Å². The van der Waals surface area contributed by atoms with Crippen molar-refractivity contribution in [3.05, 3.63) is 18.5 Å². The zero-order chi connectivity index (χ0) is 17.1. The Hall–Kier alpha value is -1.73. The van der Waals surface area contributed by atoms with Gasteiger partial charge in [-0.1, -0.05) is 0 Å². The second kappa shape index (κ2) is 7.25. The largest absolute Gasteiger partial charge is 0.381 e. The van der Waals surface area contributed by atoms with Gasteiger partial charge in [0, 0.05) is 44.7 Å². The summed E-state index contributed by atoms with van der Waals surface area (Å²) in [6.07, 6.45) is 8.07. The minimum absolute atomic E-state index is 0.0611. The van der Waals surface area contributed by atoms with Crippen molar-refractivity contribution in [2.75, 3.05) is 38.2 Å². The summed E-state index contributed by atoms with van der Waals surface area (Å²) in [7, 11) is 0. The van der Waals surface area contributed by atoms with Crippen LogP contribution in [0.1, 0.15) is 32.1 Å². The lowest BCUT2D eigenvalue weighted by Gasteiger charge is -2.46. The lowest BCUT2D eigenvalue weighted by Crippen LogP contribution is -2.53. The average molecular weight is 346 g/mol. The van der Waals surface area contributed by atoms with Crippen LogP contribution >= 0.6 is 0 Å². The summed E-state index contributed by atoms with van der Waals surface area (Å²) in [5.74, 6) is 1.000. The molecule has 0 aliphatic carbocycles. The number of aromatic nitrogens is 2. The molecule has 3 saturated heterocycles. The van der Waals surface area contributed by atoms with Gasteiger partial charge in [0.05, 0.1) is 18.1 Å². The highest BCUT2D eigenvalue weighted by atomic mass is 16.5. The smallest absolute Gasteiger partial charge is 0.228 e. The molecule has 3 aliphatic heterocycles. The standard InChI is InChI=1S/C18H26N4O3/c23-16(14-2-10-24-13-14)22-8-4-18(5-9-22)12-15(3-11-25-18)21-17-19-6-1-7-20-17/h1,6-7,14-15H,2-5,8-13H2,(H,19,20,21)/t14-,15-/m1/s1. The van der Waals surface area contributed by atoms with Gasteiger partial charge in [-0.2, -0.15) is 0 Å². The van der Waals surface area contributed by atoms with Gasteiger partial charge < -0.3 is 19.7 Å². The first-order valence-electron chi connectivity index (χ1n) is 9.28. The molecular formula is C18H26N4O3. The molecule has 1 N–H and O–H groups in total. The fourth-order valence-corrected chi connectivity index (χ4v) is 4.18. The van der Waals surface area contributed by atoms with E-state index in [1.54, 1.807) is 12.4 Å². The Balaban J connectivity index is 1.33. The van der Waals surface area contributed by atoms with Crippen LogP contribution in [0, 0.1) is 5.92 Å². The number of amides is 1. The molecule has 0 aromatic carbocycles. The van der Waals surface area contributed by atoms with Crippen LogP contribution < -0.4 is 5.32 Å². The summed E-state index contributed by atoms with van der Waals surface area (Å²) in [4.78, 5) is 23.1. The quantitative estimate of drug-likeness (QED) is 0.893. The molecule has 25 heavy (non-hydrogen) atoms. The maximum absolute atomic E-state index is 12.6. The van der Waals surface area contributed by atoms with Gasteiger partial charge in [0.2, 0.25) is 11.9 Å². The maximum Gasteiger partial charge on any atom is 0.228 e. The Morgan fingerprint density at radius 1 is 1.20 bits per heavy atom. The maximum atomic E-state index is 12.6. The monoisotopic (exact) mass is 346 g/mol. The number of hydrogen-bond acceptors (Lipinski definition) is 6. The molecular weight excluding hydrogens is 320 g/mol.